The second-order valence-corrected chi connectivity index (χ2v) is 6.04. The minimum Gasteiger partial charge on any atom is -0.369 e. The second kappa shape index (κ2) is 5.72. The number of carbonyl (C=O) groups excluding carboxylic acids is 1. The van der Waals surface area contributed by atoms with Crippen molar-refractivity contribution < 1.29 is 14.2 Å². The van der Waals surface area contributed by atoms with Gasteiger partial charge in [-0.25, -0.2) is 0 Å². The van der Waals surface area contributed by atoms with Crippen LogP contribution >= 0.6 is 11.3 Å². The highest BCUT2D eigenvalue weighted by Crippen LogP contribution is 2.21. The fourth-order valence-corrected chi connectivity index (χ4v) is 3.18. The molecule has 6 nitrogen and oxygen atoms in total. The number of thiophene rings is 1. The molecule has 0 aromatic carbocycles. The molecule has 0 aliphatic carbocycles. The number of primary amides is 1. The molecule has 1 fully saturated rings. The van der Waals surface area contributed by atoms with Gasteiger partial charge >= 0.3 is 0 Å². The molecule has 0 bridgehead atoms. The Bertz CT molecular complexity index is 573. The lowest BCUT2D eigenvalue weighted by Crippen LogP contribution is -3.11. The first kappa shape index (κ1) is 13.3. The molecule has 0 spiro atoms. The molecule has 1 saturated heterocycles. The Hall–Kier alpha value is -1.73. The highest BCUT2D eigenvalue weighted by molar-refractivity contribution is 7.13. The van der Waals surface area contributed by atoms with Crippen LogP contribution in [0.2, 0.25) is 0 Å². The minimum atomic E-state index is -0.179. The van der Waals surface area contributed by atoms with Gasteiger partial charge in [0, 0.05) is 18.8 Å². The van der Waals surface area contributed by atoms with E-state index in [0.29, 0.717) is 18.3 Å². The van der Waals surface area contributed by atoms with Gasteiger partial charge in [0.25, 0.3) is 5.89 Å². The molecule has 0 atom stereocenters. The summed E-state index contributed by atoms with van der Waals surface area (Å²) in [5, 5.41) is 6.00. The van der Waals surface area contributed by atoms with Crippen LogP contribution in [0, 0.1) is 5.92 Å². The fourth-order valence-electron chi connectivity index (χ4n) is 2.53. The van der Waals surface area contributed by atoms with Crippen molar-refractivity contribution in [3.8, 4) is 10.7 Å². The van der Waals surface area contributed by atoms with Crippen LogP contribution in [0.15, 0.2) is 22.0 Å². The largest absolute Gasteiger partial charge is 0.369 e. The van der Waals surface area contributed by atoms with Crippen molar-refractivity contribution in [3.63, 3.8) is 0 Å². The number of likely N-dealkylation sites (tertiary alicyclic amines) is 1. The summed E-state index contributed by atoms with van der Waals surface area (Å²) in [6, 6.07) is 3.94. The van der Waals surface area contributed by atoms with Crippen LogP contribution in [-0.2, 0) is 11.3 Å². The Kier molecular flexibility index (Phi) is 3.79. The lowest BCUT2D eigenvalue weighted by Gasteiger charge is -2.26. The Morgan fingerprint density at radius 3 is 2.95 bits per heavy atom. The zero-order valence-corrected chi connectivity index (χ0v) is 11.9. The van der Waals surface area contributed by atoms with Crippen molar-refractivity contribution in [1.82, 2.24) is 10.1 Å². The number of hydrogen-bond donors (Lipinski definition) is 2. The third-order valence-electron chi connectivity index (χ3n) is 3.71. The normalized spacial score (nSPS) is 22.8. The van der Waals surface area contributed by atoms with Crippen LogP contribution in [0.4, 0.5) is 0 Å². The molecule has 1 amide bonds. The third kappa shape index (κ3) is 2.88. The average Bonchev–Trinajstić information content (AvgIpc) is 3.09. The Morgan fingerprint density at radius 1 is 1.50 bits per heavy atom. The molecular weight excluding hydrogens is 276 g/mol. The Morgan fingerprint density at radius 2 is 2.30 bits per heavy atom. The summed E-state index contributed by atoms with van der Waals surface area (Å²) >= 11 is 1.60. The van der Waals surface area contributed by atoms with E-state index in [4.69, 9.17) is 10.3 Å². The molecule has 0 radical (unpaired) electrons. The molecule has 7 heteroatoms. The maximum absolute atomic E-state index is 11.1. The van der Waals surface area contributed by atoms with Gasteiger partial charge in [0.15, 0.2) is 6.54 Å². The molecule has 3 rings (SSSR count). The lowest BCUT2D eigenvalue weighted by molar-refractivity contribution is -0.920. The van der Waals surface area contributed by atoms with Gasteiger partial charge in [-0.15, -0.1) is 11.3 Å². The van der Waals surface area contributed by atoms with E-state index in [2.05, 4.69) is 10.1 Å². The van der Waals surface area contributed by atoms with Crippen LogP contribution < -0.4 is 10.6 Å². The first-order valence-corrected chi connectivity index (χ1v) is 7.59. The molecule has 1 aliphatic heterocycles. The van der Waals surface area contributed by atoms with Gasteiger partial charge in [0.2, 0.25) is 11.7 Å². The van der Waals surface area contributed by atoms with E-state index in [-0.39, 0.29) is 11.8 Å². The molecule has 2 aromatic rings. The number of piperidine rings is 1. The summed E-state index contributed by atoms with van der Waals surface area (Å²) in [6.45, 7) is 2.55. The first-order chi connectivity index (χ1) is 9.72. The van der Waals surface area contributed by atoms with Crippen LogP contribution in [0.3, 0.4) is 0 Å². The Labute approximate surface area is 120 Å². The van der Waals surface area contributed by atoms with Gasteiger partial charge in [-0.2, -0.15) is 4.98 Å². The van der Waals surface area contributed by atoms with E-state index in [1.807, 2.05) is 17.5 Å². The van der Waals surface area contributed by atoms with Gasteiger partial charge in [-0.1, -0.05) is 11.2 Å². The molecule has 2 aromatic heterocycles. The van der Waals surface area contributed by atoms with Crippen molar-refractivity contribution in [2.45, 2.75) is 19.4 Å². The second-order valence-electron chi connectivity index (χ2n) is 5.09. The monoisotopic (exact) mass is 293 g/mol. The van der Waals surface area contributed by atoms with Crippen molar-refractivity contribution in [2.24, 2.45) is 11.7 Å². The zero-order chi connectivity index (χ0) is 13.9. The zero-order valence-electron chi connectivity index (χ0n) is 11.0. The Balaban J connectivity index is 1.58. The summed E-state index contributed by atoms with van der Waals surface area (Å²) in [5.74, 6) is 1.16. The topological polar surface area (TPSA) is 86.5 Å². The summed E-state index contributed by atoms with van der Waals surface area (Å²) in [6.07, 6.45) is 1.69. The van der Waals surface area contributed by atoms with Crippen LogP contribution in [0.25, 0.3) is 10.7 Å². The molecular formula is C13H17N4O2S+. The average molecular weight is 293 g/mol. The van der Waals surface area contributed by atoms with Crippen molar-refractivity contribution in [1.29, 1.82) is 0 Å². The molecule has 106 valence electrons. The summed E-state index contributed by atoms with van der Waals surface area (Å²) in [4.78, 5) is 17.9. The quantitative estimate of drug-likeness (QED) is 0.836. The number of rotatable bonds is 4. The number of nitrogens with two attached hydrogens (primary N) is 1. The summed E-state index contributed by atoms with van der Waals surface area (Å²) < 4.78 is 5.30. The number of nitrogens with zero attached hydrogens (tertiary/aromatic N) is 2. The SMILES string of the molecule is NC(=O)C1CC[NH+](Cc2nc(-c3cccs3)no2)CC1. The molecule has 20 heavy (non-hydrogen) atoms. The lowest BCUT2D eigenvalue weighted by atomic mass is 9.96. The van der Waals surface area contributed by atoms with Gasteiger partial charge in [0.1, 0.15) is 0 Å². The highest BCUT2D eigenvalue weighted by Gasteiger charge is 2.27. The highest BCUT2D eigenvalue weighted by atomic mass is 32.1. The number of carbonyl (C=O) groups is 1. The first-order valence-electron chi connectivity index (χ1n) is 6.71. The van der Waals surface area contributed by atoms with Crippen molar-refractivity contribution >= 4 is 17.2 Å². The van der Waals surface area contributed by atoms with Gasteiger partial charge in [-0.05, 0) is 11.4 Å². The van der Waals surface area contributed by atoms with Crippen LogP contribution in [0.5, 0.6) is 0 Å². The number of amides is 1. The van der Waals surface area contributed by atoms with E-state index in [9.17, 15) is 4.79 Å². The standard InChI is InChI=1S/C13H16N4O2S/c14-12(18)9-3-5-17(6-4-9)8-11-15-13(16-19-11)10-2-1-7-20-10/h1-2,7,9H,3-6,8H2,(H2,14,18)/p+1. The molecule has 0 unspecified atom stereocenters. The molecule has 1 aliphatic rings. The molecule has 3 N–H and O–H groups in total. The maximum atomic E-state index is 11.1. The van der Waals surface area contributed by atoms with Crippen molar-refractivity contribution in [2.75, 3.05) is 13.1 Å². The van der Waals surface area contributed by atoms with E-state index >= 15 is 0 Å². The minimum absolute atomic E-state index is 0.0307. The summed E-state index contributed by atoms with van der Waals surface area (Å²) in [7, 11) is 0. The van der Waals surface area contributed by atoms with Gasteiger partial charge in [0.05, 0.1) is 18.0 Å². The third-order valence-corrected chi connectivity index (χ3v) is 4.57. The number of quaternary nitrogens is 1. The van der Waals surface area contributed by atoms with Crippen LogP contribution in [-0.4, -0.2) is 29.1 Å². The number of nitrogens with one attached hydrogen (secondary N) is 1. The number of aromatic nitrogens is 2. The smallest absolute Gasteiger partial charge is 0.282 e. The van der Waals surface area contributed by atoms with E-state index < -0.39 is 0 Å². The predicted molar refractivity (Wildman–Crippen MR) is 73.9 cm³/mol. The molecule has 0 saturated carbocycles. The van der Waals surface area contributed by atoms with E-state index in [1.165, 1.54) is 4.90 Å². The fraction of sp³-hybridized carbons (Fsp3) is 0.462. The van der Waals surface area contributed by atoms with E-state index in [1.54, 1.807) is 11.3 Å². The van der Waals surface area contributed by atoms with Crippen molar-refractivity contribution in [3.05, 3.63) is 23.4 Å². The van der Waals surface area contributed by atoms with E-state index in [0.717, 1.165) is 30.8 Å². The summed E-state index contributed by atoms with van der Waals surface area (Å²) in [5.41, 5.74) is 5.33. The van der Waals surface area contributed by atoms with Gasteiger partial charge < -0.3 is 15.2 Å². The molecule has 3 heterocycles. The van der Waals surface area contributed by atoms with Gasteiger partial charge in [-0.3, -0.25) is 4.79 Å². The number of hydrogen-bond acceptors (Lipinski definition) is 5. The maximum Gasteiger partial charge on any atom is 0.282 e. The predicted octanol–water partition coefficient (Wildman–Crippen LogP) is 0.0783. The van der Waals surface area contributed by atoms with Crippen LogP contribution in [0.1, 0.15) is 18.7 Å².